The second kappa shape index (κ2) is 10.0. The van der Waals surface area contributed by atoms with E-state index >= 15 is 0 Å². The second-order valence-corrected chi connectivity index (χ2v) is 9.38. The summed E-state index contributed by atoms with van der Waals surface area (Å²) in [5.41, 5.74) is 2.39. The molecule has 2 aliphatic rings. The standard InChI is InChI=1S/C24H30BrFN4O/c1-17-14-21(31)5-7-23(17)28-24(27-16-18-15-19(25)4-6-22(18)26)30-12-8-20(9-13-30)29-10-2-3-11-29/h4-7,14-15,20,31H,2-3,8-13,16H2,1H3,(H,27,28). The van der Waals surface area contributed by atoms with Crippen molar-refractivity contribution < 1.29 is 9.50 Å². The van der Waals surface area contributed by atoms with E-state index in [1.807, 2.05) is 13.0 Å². The molecule has 0 atom stereocenters. The van der Waals surface area contributed by atoms with Crippen molar-refractivity contribution in [3.8, 4) is 5.75 Å². The van der Waals surface area contributed by atoms with Crippen molar-refractivity contribution in [2.24, 2.45) is 4.99 Å². The van der Waals surface area contributed by atoms with Crippen LogP contribution in [0.15, 0.2) is 45.9 Å². The molecule has 7 heteroatoms. The molecule has 166 valence electrons. The highest BCUT2D eigenvalue weighted by Crippen LogP contribution is 2.24. The number of hydrogen-bond acceptors (Lipinski definition) is 3. The van der Waals surface area contributed by atoms with Gasteiger partial charge in [-0.15, -0.1) is 0 Å². The number of phenolic OH excluding ortho intramolecular Hbond substituents is 1. The largest absolute Gasteiger partial charge is 0.508 e. The number of anilines is 1. The van der Waals surface area contributed by atoms with E-state index in [4.69, 9.17) is 4.99 Å². The number of phenols is 1. The number of guanidine groups is 1. The molecule has 0 radical (unpaired) electrons. The van der Waals surface area contributed by atoms with Gasteiger partial charge in [0, 0.05) is 34.9 Å². The van der Waals surface area contributed by atoms with Crippen molar-refractivity contribution in [2.45, 2.75) is 45.2 Å². The van der Waals surface area contributed by atoms with E-state index in [1.165, 1.54) is 32.0 Å². The minimum absolute atomic E-state index is 0.240. The number of piperidine rings is 1. The molecule has 2 fully saturated rings. The van der Waals surface area contributed by atoms with Gasteiger partial charge in [-0.1, -0.05) is 15.9 Å². The Labute approximate surface area is 192 Å². The highest BCUT2D eigenvalue weighted by atomic mass is 79.9. The molecule has 2 aliphatic heterocycles. The fraction of sp³-hybridized carbons (Fsp3) is 0.458. The molecule has 0 aromatic heterocycles. The maximum absolute atomic E-state index is 14.3. The molecule has 0 unspecified atom stereocenters. The number of nitrogens with zero attached hydrogens (tertiary/aromatic N) is 3. The van der Waals surface area contributed by atoms with E-state index in [0.717, 1.165) is 47.6 Å². The zero-order valence-corrected chi connectivity index (χ0v) is 19.5. The first-order valence-corrected chi connectivity index (χ1v) is 11.8. The van der Waals surface area contributed by atoms with Crippen molar-refractivity contribution in [1.82, 2.24) is 9.80 Å². The molecule has 2 saturated heterocycles. The highest BCUT2D eigenvalue weighted by Gasteiger charge is 2.27. The predicted molar refractivity (Wildman–Crippen MR) is 127 cm³/mol. The van der Waals surface area contributed by atoms with Gasteiger partial charge in [0.15, 0.2) is 5.96 Å². The molecule has 0 aliphatic carbocycles. The Bertz CT molecular complexity index is 937. The molecule has 4 rings (SSSR count). The van der Waals surface area contributed by atoms with Crippen LogP contribution in [0, 0.1) is 12.7 Å². The molecule has 0 amide bonds. The minimum Gasteiger partial charge on any atom is -0.508 e. The number of likely N-dealkylation sites (tertiary alicyclic amines) is 2. The number of halogens is 2. The Balaban J connectivity index is 1.52. The number of aromatic hydroxyl groups is 1. The van der Waals surface area contributed by atoms with Gasteiger partial charge in [0.05, 0.1) is 6.54 Å². The molecule has 2 N–H and O–H groups in total. The summed E-state index contributed by atoms with van der Waals surface area (Å²) < 4.78 is 15.1. The third kappa shape index (κ3) is 5.57. The monoisotopic (exact) mass is 488 g/mol. The van der Waals surface area contributed by atoms with Crippen molar-refractivity contribution in [3.05, 3.63) is 57.8 Å². The Morgan fingerprint density at radius 3 is 2.58 bits per heavy atom. The molecule has 31 heavy (non-hydrogen) atoms. The maximum Gasteiger partial charge on any atom is 0.198 e. The lowest BCUT2D eigenvalue weighted by atomic mass is 10.0. The minimum atomic E-state index is -0.250. The molecular formula is C24H30BrFN4O. The number of aryl methyl sites for hydroxylation is 1. The van der Waals surface area contributed by atoms with E-state index in [1.54, 1.807) is 24.3 Å². The van der Waals surface area contributed by atoms with Gasteiger partial charge in [-0.2, -0.15) is 0 Å². The Kier molecular flexibility index (Phi) is 7.13. The normalized spacial score (nSPS) is 18.5. The molecular weight excluding hydrogens is 459 g/mol. The van der Waals surface area contributed by atoms with Gasteiger partial charge in [0.2, 0.25) is 0 Å². The van der Waals surface area contributed by atoms with Crippen molar-refractivity contribution >= 4 is 27.6 Å². The van der Waals surface area contributed by atoms with Crippen LogP contribution in [0.2, 0.25) is 0 Å². The van der Waals surface area contributed by atoms with Crippen molar-refractivity contribution in [1.29, 1.82) is 0 Å². The van der Waals surface area contributed by atoms with Gasteiger partial charge < -0.3 is 20.2 Å². The topological polar surface area (TPSA) is 51.1 Å². The molecule has 0 bridgehead atoms. The fourth-order valence-electron chi connectivity index (χ4n) is 4.50. The molecule has 5 nitrogen and oxygen atoms in total. The van der Waals surface area contributed by atoms with Gasteiger partial charge in [-0.3, -0.25) is 0 Å². The van der Waals surface area contributed by atoms with E-state index in [2.05, 4.69) is 31.0 Å². The predicted octanol–water partition coefficient (Wildman–Crippen LogP) is 5.13. The number of rotatable bonds is 4. The summed E-state index contributed by atoms with van der Waals surface area (Å²) in [4.78, 5) is 9.70. The lowest BCUT2D eigenvalue weighted by Crippen LogP contribution is -2.47. The van der Waals surface area contributed by atoms with Crippen molar-refractivity contribution in [3.63, 3.8) is 0 Å². The van der Waals surface area contributed by atoms with E-state index in [9.17, 15) is 9.50 Å². The zero-order chi connectivity index (χ0) is 21.8. The number of aliphatic imine (C=N–C) groups is 1. The first-order valence-electron chi connectivity index (χ1n) is 11.0. The number of nitrogens with one attached hydrogen (secondary N) is 1. The van der Waals surface area contributed by atoms with Crippen LogP contribution in [0.5, 0.6) is 5.75 Å². The van der Waals surface area contributed by atoms with E-state index < -0.39 is 0 Å². The van der Waals surface area contributed by atoms with Crippen LogP contribution < -0.4 is 5.32 Å². The van der Waals surface area contributed by atoms with Crippen LogP contribution in [-0.4, -0.2) is 53.1 Å². The summed E-state index contributed by atoms with van der Waals surface area (Å²) in [5.74, 6) is 0.747. The third-order valence-electron chi connectivity index (χ3n) is 6.28. The van der Waals surface area contributed by atoms with Crippen LogP contribution in [0.4, 0.5) is 10.1 Å². The number of hydrogen-bond donors (Lipinski definition) is 2. The molecule has 2 aromatic carbocycles. The summed E-state index contributed by atoms with van der Waals surface area (Å²) in [6.07, 6.45) is 4.85. The maximum atomic E-state index is 14.3. The van der Waals surface area contributed by atoms with Gasteiger partial charge in [-0.25, -0.2) is 9.38 Å². The number of benzene rings is 2. The zero-order valence-electron chi connectivity index (χ0n) is 18.0. The van der Waals surface area contributed by atoms with Crippen LogP contribution in [0.25, 0.3) is 0 Å². The molecule has 0 saturated carbocycles. The first-order chi connectivity index (χ1) is 15.0. The summed E-state index contributed by atoms with van der Waals surface area (Å²) in [6.45, 7) is 6.50. The first kappa shape index (κ1) is 22.1. The molecule has 2 aromatic rings. The van der Waals surface area contributed by atoms with Crippen LogP contribution in [-0.2, 0) is 6.54 Å². The third-order valence-corrected chi connectivity index (χ3v) is 6.78. The summed E-state index contributed by atoms with van der Waals surface area (Å²) in [5, 5.41) is 13.2. The van der Waals surface area contributed by atoms with Crippen LogP contribution in [0.1, 0.15) is 36.8 Å². The summed E-state index contributed by atoms with van der Waals surface area (Å²) in [7, 11) is 0. The molecule has 2 heterocycles. The smallest absolute Gasteiger partial charge is 0.198 e. The van der Waals surface area contributed by atoms with E-state index in [-0.39, 0.29) is 18.1 Å². The lowest BCUT2D eigenvalue weighted by molar-refractivity contribution is 0.163. The average molecular weight is 489 g/mol. The summed E-state index contributed by atoms with van der Waals surface area (Å²) in [6, 6.07) is 10.9. The van der Waals surface area contributed by atoms with Crippen LogP contribution >= 0.6 is 15.9 Å². The Morgan fingerprint density at radius 2 is 1.87 bits per heavy atom. The molecule has 0 spiro atoms. The SMILES string of the molecule is Cc1cc(O)ccc1NC(=NCc1cc(Br)ccc1F)N1CCC(N2CCCC2)CC1. The van der Waals surface area contributed by atoms with Gasteiger partial charge in [0.1, 0.15) is 11.6 Å². The quantitative estimate of drug-likeness (QED) is 0.355. The van der Waals surface area contributed by atoms with Crippen molar-refractivity contribution in [2.75, 3.05) is 31.5 Å². The van der Waals surface area contributed by atoms with Crippen LogP contribution in [0.3, 0.4) is 0 Å². The fourth-order valence-corrected chi connectivity index (χ4v) is 4.91. The van der Waals surface area contributed by atoms with Gasteiger partial charge >= 0.3 is 0 Å². The second-order valence-electron chi connectivity index (χ2n) is 8.46. The highest BCUT2D eigenvalue weighted by molar-refractivity contribution is 9.10. The average Bonchev–Trinajstić information content (AvgIpc) is 3.30. The summed E-state index contributed by atoms with van der Waals surface area (Å²) >= 11 is 3.42. The lowest BCUT2D eigenvalue weighted by Gasteiger charge is -2.38. The van der Waals surface area contributed by atoms with Gasteiger partial charge in [0.25, 0.3) is 0 Å². The van der Waals surface area contributed by atoms with Gasteiger partial charge in [-0.05, 0) is 87.7 Å². The Morgan fingerprint density at radius 1 is 1.13 bits per heavy atom. The Hall–Kier alpha value is -2.12. The van der Waals surface area contributed by atoms with E-state index in [0.29, 0.717) is 11.6 Å².